The van der Waals surface area contributed by atoms with Gasteiger partial charge in [-0.15, -0.1) is 0 Å². The molecule has 0 spiro atoms. The number of benzene rings is 1. The van der Waals surface area contributed by atoms with Gasteiger partial charge in [0, 0.05) is 12.1 Å². The highest BCUT2D eigenvalue weighted by Crippen LogP contribution is 2.33. The molecule has 0 atom stereocenters. The first-order valence-electron chi connectivity index (χ1n) is 8.69. The number of ether oxygens (including phenoxy) is 1. The van der Waals surface area contributed by atoms with E-state index < -0.39 is 5.97 Å². The highest BCUT2D eigenvalue weighted by atomic mass is 79.9. The lowest BCUT2D eigenvalue weighted by atomic mass is 9.82. The van der Waals surface area contributed by atoms with Crippen molar-refractivity contribution in [2.24, 2.45) is 11.8 Å². The minimum atomic E-state index is -0.897. The molecule has 5 nitrogen and oxygen atoms in total. The van der Waals surface area contributed by atoms with Gasteiger partial charge in [-0.25, -0.2) is 4.79 Å². The fourth-order valence-electron chi connectivity index (χ4n) is 3.52. The van der Waals surface area contributed by atoms with Crippen LogP contribution in [0.15, 0.2) is 41.0 Å². The van der Waals surface area contributed by atoms with E-state index in [0.29, 0.717) is 18.4 Å². The molecular formula is C19H23BrN2O3. The molecule has 1 N–H and O–H groups in total. The van der Waals surface area contributed by atoms with E-state index in [1.165, 1.54) is 5.56 Å². The quantitative estimate of drug-likeness (QED) is 0.747. The SMILES string of the molecule is O=C(O)COC[C@H]1CC[C@@H](Cn2ncc(Br)c2-c2ccccc2)CC1. The van der Waals surface area contributed by atoms with Gasteiger partial charge in [-0.05, 0) is 53.4 Å². The van der Waals surface area contributed by atoms with E-state index in [0.717, 1.165) is 42.4 Å². The lowest BCUT2D eigenvalue weighted by Gasteiger charge is -2.28. The Morgan fingerprint density at radius 3 is 2.56 bits per heavy atom. The van der Waals surface area contributed by atoms with Crippen molar-refractivity contribution >= 4 is 21.9 Å². The molecular weight excluding hydrogens is 384 g/mol. The zero-order valence-corrected chi connectivity index (χ0v) is 15.7. The molecule has 1 fully saturated rings. The third-order valence-corrected chi connectivity index (χ3v) is 5.40. The fourth-order valence-corrected chi connectivity index (χ4v) is 4.05. The molecule has 1 aliphatic rings. The number of hydrogen-bond donors (Lipinski definition) is 1. The van der Waals surface area contributed by atoms with E-state index in [9.17, 15) is 4.79 Å². The van der Waals surface area contributed by atoms with E-state index in [1.54, 1.807) is 0 Å². The lowest BCUT2D eigenvalue weighted by molar-refractivity contribution is -0.142. The number of nitrogens with zero attached hydrogens (tertiary/aromatic N) is 2. The van der Waals surface area contributed by atoms with Crippen molar-refractivity contribution in [3.63, 3.8) is 0 Å². The first-order chi connectivity index (χ1) is 12.1. The van der Waals surface area contributed by atoms with E-state index in [4.69, 9.17) is 9.84 Å². The number of aliphatic carboxylic acids is 1. The molecule has 0 amide bonds. The van der Waals surface area contributed by atoms with Gasteiger partial charge >= 0.3 is 5.97 Å². The van der Waals surface area contributed by atoms with Crippen LogP contribution in [0.4, 0.5) is 0 Å². The third-order valence-electron chi connectivity index (χ3n) is 4.82. The summed E-state index contributed by atoms with van der Waals surface area (Å²) in [5, 5.41) is 13.2. The van der Waals surface area contributed by atoms with Crippen LogP contribution in [-0.2, 0) is 16.1 Å². The van der Waals surface area contributed by atoms with Gasteiger partial charge in [-0.2, -0.15) is 5.10 Å². The predicted octanol–water partition coefficient (Wildman–Crippen LogP) is 4.22. The van der Waals surface area contributed by atoms with Gasteiger partial charge in [0.25, 0.3) is 0 Å². The van der Waals surface area contributed by atoms with Crippen molar-refractivity contribution in [1.82, 2.24) is 9.78 Å². The van der Waals surface area contributed by atoms with Crippen molar-refractivity contribution in [1.29, 1.82) is 0 Å². The van der Waals surface area contributed by atoms with Gasteiger partial charge in [-0.1, -0.05) is 30.3 Å². The zero-order valence-electron chi connectivity index (χ0n) is 14.1. The first-order valence-corrected chi connectivity index (χ1v) is 9.49. The van der Waals surface area contributed by atoms with Crippen LogP contribution in [0, 0.1) is 11.8 Å². The lowest BCUT2D eigenvalue weighted by Crippen LogP contribution is -2.23. The van der Waals surface area contributed by atoms with Crippen LogP contribution < -0.4 is 0 Å². The molecule has 134 valence electrons. The maximum Gasteiger partial charge on any atom is 0.329 e. The van der Waals surface area contributed by atoms with E-state index >= 15 is 0 Å². The largest absolute Gasteiger partial charge is 0.480 e. The Morgan fingerprint density at radius 2 is 1.88 bits per heavy atom. The van der Waals surface area contributed by atoms with E-state index in [-0.39, 0.29) is 6.61 Å². The maximum atomic E-state index is 10.5. The Hall–Kier alpha value is -1.66. The Balaban J connectivity index is 1.56. The molecule has 1 heterocycles. The average molecular weight is 407 g/mol. The van der Waals surface area contributed by atoms with E-state index in [2.05, 4.69) is 37.8 Å². The third kappa shape index (κ3) is 4.92. The minimum absolute atomic E-state index is 0.193. The van der Waals surface area contributed by atoms with Gasteiger partial charge in [-0.3, -0.25) is 4.68 Å². The van der Waals surface area contributed by atoms with Crippen LogP contribution in [0.3, 0.4) is 0 Å². The molecule has 0 radical (unpaired) electrons. The molecule has 25 heavy (non-hydrogen) atoms. The summed E-state index contributed by atoms with van der Waals surface area (Å²) in [6.07, 6.45) is 6.31. The highest BCUT2D eigenvalue weighted by molar-refractivity contribution is 9.10. The van der Waals surface area contributed by atoms with Crippen molar-refractivity contribution in [3.05, 3.63) is 41.0 Å². The second-order valence-electron chi connectivity index (χ2n) is 6.68. The van der Waals surface area contributed by atoms with Crippen molar-refractivity contribution in [2.75, 3.05) is 13.2 Å². The van der Waals surface area contributed by atoms with Crippen LogP contribution in [0.2, 0.25) is 0 Å². The smallest absolute Gasteiger partial charge is 0.329 e. The first kappa shape index (κ1) is 18.1. The maximum absolute atomic E-state index is 10.5. The van der Waals surface area contributed by atoms with Crippen molar-refractivity contribution in [3.8, 4) is 11.3 Å². The summed E-state index contributed by atoms with van der Waals surface area (Å²) in [6, 6.07) is 10.3. The van der Waals surface area contributed by atoms with Gasteiger partial charge in [0.2, 0.25) is 0 Å². The summed E-state index contributed by atoms with van der Waals surface area (Å²) in [5.74, 6) is 0.185. The average Bonchev–Trinajstić information content (AvgIpc) is 2.97. The summed E-state index contributed by atoms with van der Waals surface area (Å²) in [4.78, 5) is 10.5. The number of carboxylic acid groups (broad SMARTS) is 1. The van der Waals surface area contributed by atoms with Crippen LogP contribution in [0.1, 0.15) is 25.7 Å². The standard InChI is InChI=1S/C19H23BrN2O3/c20-17-10-21-22(19(17)16-4-2-1-3-5-16)11-14-6-8-15(9-7-14)12-25-13-18(23)24/h1-5,10,14-15H,6-9,11-13H2,(H,23,24)/t14-,15+. The van der Waals surface area contributed by atoms with Crippen LogP contribution in [-0.4, -0.2) is 34.1 Å². The zero-order chi connectivity index (χ0) is 17.6. The molecule has 1 aromatic carbocycles. The van der Waals surface area contributed by atoms with Crippen molar-refractivity contribution in [2.45, 2.75) is 32.2 Å². The molecule has 3 rings (SSSR count). The molecule has 0 aliphatic heterocycles. The van der Waals surface area contributed by atoms with Crippen LogP contribution in [0.25, 0.3) is 11.3 Å². The van der Waals surface area contributed by atoms with Gasteiger partial charge in [0.05, 0.1) is 23.0 Å². The van der Waals surface area contributed by atoms with Crippen molar-refractivity contribution < 1.29 is 14.6 Å². The second kappa shape index (κ2) is 8.63. The van der Waals surface area contributed by atoms with Gasteiger partial charge in [0.1, 0.15) is 6.61 Å². The summed E-state index contributed by atoms with van der Waals surface area (Å²) in [5.41, 5.74) is 2.30. The topological polar surface area (TPSA) is 64.3 Å². The Kier molecular flexibility index (Phi) is 6.26. The summed E-state index contributed by atoms with van der Waals surface area (Å²) in [7, 11) is 0. The number of rotatable bonds is 7. The number of carboxylic acids is 1. The predicted molar refractivity (Wildman–Crippen MR) is 99.3 cm³/mol. The Bertz CT molecular complexity index is 694. The molecule has 0 unspecified atom stereocenters. The normalized spacial score (nSPS) is 20.5. The van der Waals surface area contributed by atoms with Gasteiger partial charge < -0.3 is 9.84 Å². The Morgan fingerprint density at radius 1 is 1.20 bits per heavy atom. The number of aromatic nitrogens is 2. The number of halogens is 1. The molecule has 1 saturated carbocycles. The number of carbonyl (C=O) groups is 1. The monoisotopic (exact) mass is 406 g/mol. The molecule has 1 aliphatic carbocycles. The molecule has 0 bridgehead atoms. The molecule has 0 saturated heterocycles. The van der Waals surface area contributed by atoms with Crippen LogP contribution >= 0.6 is 15.9 Å². The number of hydrogen-bond acceptors (Lipinski definition) is 3. The van der Waals surface area contributed by atoms with Crippen LogP contribution in [0.5, 0.6) is 0 Å². The molecule has 1 aromatic heterocycles. The summed E-state index contributed by atoms with van der Waals surface area (Å²) in [6.45, 7) is 1.28. The summed E-state index contributed by atoms with van der Waals surface area (Å²) < 4.78 is 8.37. The second-order valence-corrected chi connectivity index (χ2v) is 7.54. The Labute approximate surface area is 156 Å². The summed E-state index contributed by atoms with van der Waals surface area (Å²) >= 11 is 3.62. The minimum Gasteiger partial charge on any atom is -0.480 e. The molecule has 6 heteroatoms. The molecule has 2 aromatic rings. The highest BCUT2D eigenvalue weighted by Gasteiger charge is 2.23. The fraction of sp³-hybridized carbons (Fsp3) is 0.474. The van der Waals surface area contributed by atoms with Gasteiger partial charge in [0.15, 0.2) is 0 Å². The van der Waals surface area contributed by atoms with E-state index in [1.807, 2.05) is 24.4 Å².